The molecule has 160 valence electrons. The molecule has 4 rings (SSSR count). The number of carbonyl (C=O) groups excluding carboxylic acids is 1. The van der Waals surface area contributed by atoms with Crippen molar-refractivity contribution >= 4 is 17.3 Å². The Balaban J connectivity index is 1.22. The topological polar surface area (TPSA) is 39.3 Å². The van der Waals surface area contributed by atoms with Gasteiger partial charge in [-0.2, -0.15) is 0 Å². The molecule has 2 fully saturated rings. The molecule has 7 heteroatoms. The lowest BCUT2D eigenvalue weighted by molar-refractivity contribution is -0.132. The number of amides is 1. The SMILES string of the molecule is COc1ccc(N2CCN(CC(=O)N3CCN(c4ccc(F)cc4)CC3)CC2)cc1. The van der Waals surface area contributed by atoms with Crippen molar-refractivity contribution in [3.8, 4) is 5.75 Å². The number of piperazine rings is 2. The Morgan fingerprint density at radius 3 is 1.83 bits per heavy atom. The highest BCUT2D eigenvalue weighted by Gasteiger charge is 2.25. The molecule has 0 N–H and O–H groups in total. The maximum Gasteiger partial charge on any atom is 0.236 e. The van der Waals surface area contributed by atoms with Gasteiger partial charge in [0.1, 0.15) is 11.6 Å². The van der Waals surface area contributed by atoms with E-state index >= 15 is 0 Å². The summed E-state index contributed by atoms with van der Waals surface area (Å²) in [5.41, 5.74) is 2.21. The number of rotatable bonds is 5. The number of carbonyl (C=O) groups is 1. The molecule has 2 saturated heterocycles. The van der Waals surface area contributed by atoms with E-state index in [1.165, 1.54) is 17.8 Å². The van der Waals surface area contributed by atoms with Crippen molar-refractivity contribution in [3.63, 3.8) is 0 Å². The molecule has 2 aliphatic heterocycles. The van der Waals surface area contributed by atoms with Gasteiger partial charge < -0.3 is 19.4 Å². The van der Waals surface area contributed by atoms with Gasteiger partial charge in [0.2, 0.25) is 5.91 Å². The van der Waals surface area contributed by atoms with Gasteiger partial charge in [-0.3, -0.25) is 9.69 Å². The fourth-order valence-corrected chi connectivity index (χ4v) is 4.11. The van der Waals surface area contributed by atoms with E-state index in [0.717, 1.165) is 50.7 Å². The van der Waals surface area contributed by atoms with Gasteiger partial charge in [-0.15, -0.1) is 0 Å². The van der Waals surface area contributed by atoms with Crippen LogP contribution >= 0.6 is 0 Å². The van der Waals surface area contributed by atoms with Crippen molar-refractivity contribution < 1.29 is 13.9 Å². The lowest BCUT2D eigenvalue weighted by Crippen LogP contribution is -2.54. The zero-order valence-corrected chi connectivity index (χ0v) is 17.5. The Morgan fingerprint density at radius 2 is 1.30 bits per heavy atom. The zero-order valence-electron chi connectivity index (χ0n) is 17.5. The van der Waals surface area contributed by atoms with E-state index in [1.807, 2.05) is 17.0 Å². The van der Waals surface area contributed by atoms with Crippen LogP contribution in [0.15, 0.2) is 48.5 Å². The predicted octanol–water partition coefficient (Wildman–Crippen LogP) is 2.31. The standard InChI is InChI=1S/C23H29FN4O2/c1-30-22-8-6-21(7-9-22)26-12-10-25(11-13-26)18-23(29)28-16-14-27(15-17-28)20-4-2-19(24)3-5-20/h2-9H,10-18H2,1H3. The Labute approximate surface area is 177 Å². The number of ether oxygens (including phenoxy) is 1. The molecule has 2 aromatic carbocycles. The van der Waals surface area contributed by atoms with E-state index in [-0.39, 0.29) is 11.7 Å². The second kappa shape index (κ2) is 9.34. The van der Waals surface area contributed by atoms with Crippen LogP contribution in [0.2, 0.25) is 0 Å². The zero-order chi connectivity index (χ0) is 20.9. The van der Waals surface area contributed by atoms with Crippen LogP contribution in [0.3, 0.4) is 0 Å². The Morgan fingerprint density at radius 1 is 0.800 bits per heavy atom. The Kier molecular flexibility index (Phi) is 6.38. The molecule has 1 amide bonds. The van der Waals surface area contributed by atoms with Crippen molar-refractivity contribution in [3.05, 3.63) is 54.3 Å². The highest BCUT2D eigenvalue weighted by atomic mass is 19.1. The lowest BCUT2D eigenvalue weighted by atomic mass is 10.2. The van der Waals surface area contributed by atoms with Crippen LogP contribution < -0.4 is 14.5 Å². The molecule has 0 atom stereocenters. The molecule has 0 aromatic heterocycles. The summed E-state index contributed by atoms with van der Waals surface area (Å²) in [7, 11) is 1.67. The van der Waals surface area contributed by atoms with Gasteiger partial charge in [-0.05, 0) is 48.5 Å². The minimum absolute atomic E-state index is 0.201. The number of nitrogens with zero attached hydrogens (tertiary/aromatic N) is 4. The van der Waals surface area contributed by atoms with Crippen molar-refractivity contribution in [1.29, 1.82) is 0 Å². The third kappa shape index (κ3) is 4.84. The van der Waals surface area contributed by atoms with Crippen LogP contribution in [0.1, 0.15) is 0 Å². The molecule has 0 unspecified atom stereocenters. The first-order valence-electron chi connectivity index (χ1n) is 10.5. The minimum Gasteiger partial charge on any atom is -0.497 e. The Hall–Kier alpha value is -2.80. The van der Waals surface area contributed by atoms with E-state index in [0.29, 0.717) is 19.6 Å². The quantitative estimate of drug-likeness (QED) is 0.754. The van der Waals surface area contributed by atoms with Gasteiger partial charge in [-0.1, -0.05) is 0 Å². The highest BCUT2D eigenvalue weighted by molar-refractivity contribution is 5.78. The molecule has 6 nitrogen and oxygen atoms in total. The molecule has 2 aliphatic rings. The number of halogens is 1. The fourth-order valence-electron chi connectivity index (χ4n) is 4.11. The van der Waals surface area contributed by atoms with E-state index in [2.05, 4.69) is 26.8 Å². The summed E-state index contributed by atoms with van der Waals surface area (Å²) >= 11 is 0. The number of hydrogen-bond acceptors (Lipinski definition) is 5. The molecule has 30 heavy (non-hydrogen) atoms. The van der Waals surface area contributed by atoms with Crippen LogP contribution in [0.5, 0.6) is 5.75 Å². The molecule has 0 saturated carbocycles. The summed E-state index contributed by atoms with van der Waals surface area (Å²) in [5.74, 6) is 0.841. The maximum atomic E-state index is 13.1. The fraction of sp³-hybridized carbons (Fsp3) is 0.435. The van der Waals surface area contributed by atoms with E-state index < -0.39 is 0 Å². The average Bonchev–Trinajstić information content (AvgIpc) is 2.80. The summed E-state index contributed by atoms with van der Waals surface area (Å²) in [6.07, 6.45) is 0. The van der Waals surface area contributed by atoms with Crippen molar-refractivity contribution in [2.75, 3.05) is 75.8 Å². The van der Waals surface area contributed by atoms with Gasteiger partial charge in [0, 0.05) is 63.7 Å². The summed E-state index contributed by atoms with van der Waals surface area (Å²) < 4.78 is 18.3. The monoisotopic (exact) mass is 412 g/mol. The van der Waals surface area contributed by atoms with Gasteiger partial charge >= 0.3 is 0 Å². The van der Waals surface area contributed by atoms with Gasteiger partial charge in [0.05, 0.1) is 13.7 Å². The molecule has 0 spiro atoms. The number of hydrogen-bond donors (Lipinski definition) is 0. The van der Waals surface area contributed by atoms with E-state index in [1.54, 1.807) is 19.2 Å². The first-order valence-corrected chi connectivity index (χ1v) is 10.5. The summed E-state index contributed by atoms with van der Waals surface area (Å²) in [5, 5.41) is 0. The van der Waals surface area contributed by atoms with Crippen LogP contribution in [-0.2, 0) is 4.79 Å². The van der Waals surface area contributed by atoms with Gasteiger partial charge in [0.15, 0.2) is 0 Å². The van der Waals surface area contributed by atoms with Gasteiger partial charge in [0.25, 0.3) is 0 Å². The second-order valence-electron chi connectivity index (χ2n) is 7.81. The molecule has 0 radical (unpaired) electrons. The smallest absolute Gasteiger partial charge is 0.236 e. The highest BCUT2D eigenvalue weighted by Crippen LogP contribution is 2.21. The normalized spacial score (nSPS) is 17.9. The van der Waals surface area contributed by atoms with Crippen molar-refractivity contribution in [1.82, 2.24) is 9.80 Å². The van der Waals surface area contributed by atoms with Crippen molar-refractivity contribution in [2.45, 2.75) is 0 Å². The number of benzene rings is 2. The third-order valence-electron chi connectivity index (χ3n) is 5.99. The van der Waals surface area contributed by atoms with Crippen molar-refractivity contribution in [2.24, 2.45) is 0 Å². The molecule has 0 aliphatic carbocycles. The molecular formula is C23H29FN4O2. The van der Waals surface area contributed by atoms with Gasteiger partial charge in [-0.25, -0.2) is 4.39 Å². The largest absolute Gasteiger partial charge is 0.497 e. The Bertz CT molecular complexity index is 827. The van der Waals surface area contributed by atoms with Crippen LogP contribution in [-0.4, -0.2) is 81.7 Å². The van der Waals surface area contributed by atoms with Crippen LogP contribution in [0.4, 0.5) is 15.8 Å². The predicted molar refractivity (Wildman–Crippen MR) is 117 cm³/mol. The minimum atomic E-state index is -0.223. The molecular weight excluding hydrogens is 383 g/mol. The third-order valence-corrected chi connectivity index (χ3v) is 5.99. The first kappa shape index (κ1) is 20.5. The van der Waals surface area contributed by atoms with Crippen LogP contribution in [0, 0.1) is 5.82 Å². The second-order valence-corrected chi connectivity index (χ2v) is 7.81. The molecule has 2 aromatic rings. The summed E-state index contributed by atoms with van der Waals surface area (Å²) in [6.45, 7) is 7.05. The summed E-state index contributed by atoms with van der Waals surface area (Å²) in [6, 6.07) is 14.7. The van der Waals surface area contributed by atoms with Crippen LogP contribution in [0.25, 0.3) is 0 Å². The average molecular weight is 413 g/mol. The first-order chi connectivity index (χ1) is 14.6. The number of anilines is 2. The molecule has 2 heterocycles. The van der Waals surface area contributed by atoms with E-state index in [4.69, 9.17) is 4.74 Å². The maximum absolute atomic E-state index is 13.1. The lowest BCUT2D eigenvalue weighted by Gasteiger charge is -2.39. The molecule has 0 bridgehead atoms. The number of methoxy groups -OCH3 is 1. The van der Waals surface area contributed by atoms with E-state index in [9.17, 15) is 9.18 Å². The summed E-state index contributed by atoms with van der Waals surface area (Å²) in [4.78, 5) is 21.5.